The fourth-order valence-electron chi connectivity index (χ4n) is 3.41. The summed E-state index contributed by atoms with van der Waals surface area (Å²) in [6, 6.07) is 11.2. The maximum Gasteiger partial charge on any atom is 0.303 e. The molecule has 0 heterocycles. The Morgan fingerprint density at radius 2 is 1.81 bits per heavy atom. The number of allylic oxidation sites excluding steroid dienone is 5. The second-order valence-corrected chi connectivity index (χ2v) is 8.03. The van der Waals surface area contributed by atoms with Crippen LogP contribution in [0, 0.1) is 6.92 Å². The van der Waals surface area contributed by atoms with Crippen LogP contribution in [0.4, 0.5) is 4.39 Å². The molecule has 0 amide bonds. The minimum absolute atomic E-state index is 0.0624. The molecule has 1 N–H and O–H groups in total. The summed E-state index contributed by atoms with van der Waals surface area (Å²) in [5.74, 6) is -0.204. The molecule has 0 aromatic heterocycles. The van der Waals surface area contributed by atoms with Gasteiger partial charge in [0.1, 0.15) is 17.3 Å². The Morgan fingerprint density at radius 1 is 1.08 bits per heavy atom. The zero-order valence-corrected chi connectivity index (χ0v) is 22.4. The SMILES string of the molecule is C=C/C=C(F)\C=C/CC(=O)c1cc(CC)ccc1OCCCOc1ccc(CCC(=O)O)c(C)c1.CC. The van der Waals surface area contributed by atoms with Crippen molar-refractivity contribution in [2.24, 2.45) is 0 Å². The molecule has 0 aliphatic heterocycles. The molecule has 0 fully saturated rings. The van der Waals surface area contributed by atoms with Gasteiger partial charge in [-0.2, -0.15) is 0 Å². The van der Waals surface area contributed by atoms with Gasteiger partial charge in [-0.05, 0) is 72.9 Å². The number of halogens is 1. The largest absolute Gasteiger partial charge is 0.493 e. The average Bonchev–Trinajstić information content (AvgIpc) is 2.89. The number of carboxylic acids is 1. The lowest BCUT2D eigenvalue weighted by Gasteiger charge is -2.13. The number of ketones is 1. The van der Waals surface area contributed by atoms with Crippen LogP contribution < -0.4 is 9.47 Å². The van der Waals surface area contributed by atoms with Crippen LogP contribution in [0.5, 0.6) is 11.5 Å². The van der Waals surface area contributed by atoms with Crippen molar-refractivity contribution in [3.05, 3.63) is 95.4 Å². The van der Waals surface area contributed by atoms with Gasteiger partial charge < -0.3 is 14.6 Å². The van der Waals surface area contributed by atoms with Gasteiger partial charge in [-0.3, -0.25) is 9.59 Å². The molecule has 0 radical (unpaired) electrons. The molecule has 0 aliphatic rings. The van der Waals surface area contributed by atoms with Gasteiger partial charge in [0.2, 0.25) is 0 Å². The lowest BCUT2D eigenvalue weighted by atomic mass is 10.0. The summed E-state index contributed by atoms with van der Waals surface area (Å²) in [7, 11) is 0. The number of aryl methyl sites for hydroxylation is 3. The van der Waals surface area contributed by atoms with E-state index in [1.54, 1.807) is 6.07 Å². The molecule has 2 rings (SSSR count). The van der Waals surface area contributed by atoms with E-state index < -0.39 is 11.8 Å². The Bertz CT molecular complexity index is 1090. The molecule has 6 heteroatoms. The number of aliphatic carboxylic acids is 1. The zero-order valence-electron chi connectivity index (χ0n) is 22.4. The minimum Gasteiger partial charge on any atom is -0.493 e. The lowest BCUT2D eigenvalue weighted by Crippen LogP contribution is -2.09. The second-order valence-electron chi connectivity index (χ2n) is 8.03. The predicted octanol–water partition coefficient (Wildman–Crippen LogP) is 7.62. The molecule has 0 saturated heterocycles. The van der Waals surface area contributed by atoms with E-state index in [2.05, 4.69) is 6.58 Å². The molecular formula is C31H39FO5. The number of Topliss-reactive ketones (excluding diaryl/α,β-unsaturated/α-hetero) is 1. The highest BCUT2D eigenvalue weighted by atomic mass is 19.1. The quantitative estimate of drug-likeness (QED) is 0.152. The Hall–Kier alpha value is -3.67. The molecule has 0 unspecified atom stereocenters. The number of carboxylic acid groups (broad SMARTS) is 1. The van der Waals surface area contributed by atoms with Crippen LogP contribution in [0.2, 0.25) is 0 Å². The molecule has 5 nitrogen and oxygen atoms in total. The van der Waals surface area contributed by atoms with E-state index in [0.29, 0.717) is 43.1 Å². The van der Waals surface area contributed by atoms with Crippen molar-refractivity contribution in [1.82, 2.24) is 0 Å². The van der Waals surface area contributed by atoms with Gasteiger partial charge in [0.25, 0.3) is 0 Å². The molecule has 0 aliphatic carbocycles. The number of benzene rings is 2. The number of carbonyl (C=O) groups excluding carboxylic acids is 1. The molecule has 2 aromatic rings. The van der Waals surface area contributed by atoms with Crippen molar-refractivity contribution in [2.45, 2.75) is 59.8 Å². The average molecular weight is 511 g/mol. The molecule has 200 valence electrons. The standard InChI is InChI=1S/C29H33FO5.C2H6/c1-4-8-24(30)9-6-10-27(31)26-20-22(5-2)11-15-28(26)35-18-7-17-34-25-14-12-23(21(3)19-25)13-16-29(32)33;1-2/h4,6,8-9,11-12,14-15,19-20H,1,5,7,10,13,16-18H2,2-3H3,(H,32,33);1-2H3/b9-6-,24-8+;. The highest BCUT2D eigenvalue weighted by molar-refractivity contribution is 5.99. The van der Waals surface area contributed by atoms with Crippen molar-refractivity contribution >= 4 is 11.8 Å². The van der Waals surface area contributed by atoms with Crippen LogP contribution in [0.25, 0.3) is 0 Å². The van der Waals surface area contributed by atoms with Crippen LogP contribution in [0.15, 0.2) is 73.1 Å². The third-order valence-electron chi connectivity index (χ3n) is 5.35. The molecule has 0 bridgehead atoms. The normalized spacial score (nSPS) is 11.0. The topological polar surface area (TPSA) is 72.8 Å². The lowest BCUT2D eigenvalue weighted by molar-refractivity contribution is -0.136. The first-order chi connectivity index (χ1) is 17.8. The molecule has 0 atom stereocenters. The van der Waals surface area contributed by atoms with Crippen molar-refractivity contribution in [3.63, 3.8) is 0 Å². The monoisotopic (exact) mass is 510 g/mol. The third-order valence-corrected chi connectivity index (χ3v) is 5.35. The van der Waals surface area contributed by atoms with Crippen LogP contribution >= 0.6 is 0 Å². The summed E-state index contributed by atoms with van der Waals surface area (Å²) in [4.78, 5) is 23.5. The number of hydrogen-bond acceptors (Lipinski definition) is 4. The van der Waals surface area contributed by atoms with Gasteiger partial charge in [-0.25, -0.2) is 4.39 Å². The van der Waals surface area contributed by atoms with Crippen LogP contribution in [0.1, 0.15) is 67.1 Å². The van der Waals surface area contributed by atoms with Crippen molar-refractivity contribution in [3.8, 4) is 11.5 Å². The second kappa shape index (κ2) is 17.7. The number of ether oxygens (including phenoxy) is 2. The molecular weight excluding hydrogens is 471 g/mol. The summed E-state index contributed by atoms with van der Waals surface area (Å²) >= 11 is 0. The van der Waals surface area contributed by atoms with Crippen molar-refractivity contribution in [1.29, 1.82) is 0 Å². The van der Waals surface area contributed by atoms with Gasteiger partial charge in [-0.15, -0.1) is 0 Å². The van der Waals surface area contributed by atoms with Crippen molar-refractivity contribution in [2.75, 3.05) is 13.2 Å². The summed E-state index contributed by atoms with van der Waals surface area (Å²) in [5.41, 5.74) is 3.49. The number of hydrogen-bond donors (Lipinski definition) is 1. The highest BCUT2D eigenvalue weighted by Gasteiger charge is 2.13. The molecule has 37 heavy (non-hydrogen) atoms. The van der Waals surface area contributed by atoms with E-state index in [-0.39, 0.29) is 18.6 Å². The van der Waals surface area contributed by atoms with Gasteiger partial charge in [0, 0.05) is 19.3 Å². The number of carbonyl (C=O) groups is 2. The zero-order chi connectivity index (χ0) is 27.6. The summed E-state index contributed by atoms with van der Waals surface area (Å²) in [6.45, 7) is 12.2. The van der Waals surface area contributed by atoms with Crippen LogP contribution in [-0.4, -0.2) is 30.1 Å². The fourth-order valence-corrected chi connectivity index (χ4v) is 3.41. The summed E-state index contributed by atoms with van der Waals surface area (Å²) in [6.07, 6.45) is 7.36. The van der Waals surface area contributed by atoms with Gasteiger partial charge >= 0.3 is 5.97 Å². The van der Waals surface area contributed by atoms with Crippen molar-refractivity contribution < 1.29 is 28.6 Å². The van der Waals surface area contributed by atoms with E-state index in [4.69, 9.17) is 14.6 Å². The molecule has 0 saturated carbocycles. The smallest absolute Gasteiger partial charge is 0.303 e. The van der Waals surface area contributed by atoms with E-state index in [1.165, 1.54) is 24.3 Å². The first-order valence-corrected chi connectivity index (χ1v) is 12.7. The third kappa shape index (κ3) is 11.7. The Kier molecular flexibility index (Phi) is 15.0. The summed E-state index contributed by atoms with van der Waals surface area (Å²) in [5, 5.41) is 8.84. The van der Waals surface area contributed by atoms with E-state index >= 15 is 0 Å². The fraction of sp³-hybridized carbons (Fsp3) is 0.355. The van der Waals surface area contributed by atoms with E-state index in [1.807, 2.05) is 58.0 Å². The maximum atomic E-state index is 13.5. The molecule has 2 aromatic carbocycles. The van der Waals surface area contributed by atoms with E-state index in [9.17, 15) is 14.0 Å². The highest BCUT2D eigenvalue weighted by Crippen LogP contribution is 2.23. The van der Waals surface area contributed by atoms with Gasteiger partial charge in [-0.1, -0.05) is 51.6 Å². The Balaban J connectivity index is 0.00000334. The predicted molar refractivity (Wildman–Crippen MR) is 147 cm³/mol. The number of rotatable bonds is 15. The van der Waals surface area contributed by atoms with Crippen LogP contribution in [-0.2, 0) is 17.6 Å². The summed E-state index contributed by atoms with van der Waals surface area (Å²) < 4.78 is 25.1. The molecule has 0 spiro atoms. The Labute approximate surface area is 220 Å². The minimum atomic E-state index is -0.815. The first kappa shape index (κ1) is 31.4. The van der Waals surface area contributed by atoms with Gasteiger partial charge in [0.15, 0.2) is 5.78 Å². The first-order valence-electron chi connectivity index (χ1n) is 12.7. The Morgan fingerprint density at radius 3 is 2.46 bits per heavy atom. The van der Waals surface area contributed by atoms with Crippen LogP contribution in [0.3, 0.4) is 0 Å². The van der Waals surface area contributed by atoms with E-state index in [0.717, 1.165) is 23.1 Å². The van der Waals surface area contributed by atoms with Gasteiger partial charge in [0.05, 0.1) is 18.8 Å². The maximum absolute atomic E-state index is 13.5.